The molecule has 1 aromatic carbocycles. The first kappa shape index (κ1) is 12.0. The van der Waals surface area contributed by atoms with E-state index in [4.69, 9.17) is 11.5 Å². The molecule has 0 heterocycles. The Balaban J connectivity index is 2.20. The Hall–Kier alpha value is -1.03. The fraction of sp³-hybridized carbons (Fsp3) is 0.364. The SMILES string of the molecule is NC(N)=NCCCCc1ccc(Br)cc1. The van der Waals surface area contributed by atoms with Gasteiger partial charge < -0.3 is 11.5 Å². The van der Waals surface area contributed by atoms with Gasteiger partial charge in [-0.05, 0) is 37.0 Å². The standard InChI is InChI=1S/C11H16BrN3/c12-10-6-4-9(5-7-10)3-1-2-8-15-11(13)14/h4-7H,1-3,8H2,(H4,13,14,15). The van der Waals surface area contributed by atoms with Crippen LogP contribution in [0.4, 0.5) is 0 Å². The third-order valence-corrected chi connectivity index (χ3v) is 2.61. The van der Waals surface area contributed by atoms with E-state index in [1.165, 1.54) is 5.56 Å². The summed E-state index contributed by atoms with van der Waals surface area (Å²) in [6, 6.07) is 8.38. The van der Waals surface area contributed by atoms with E-state index in [1.807, 2.05) is 0 Å². The minimum absolute atomic E-state index is 0.179. The topological polar surface area (TPSA) is 64.4 Å². The highest BCUT2D eigenvalue weighted by atomic mass is 79.9. The van der Waals surface area contributed by atoms with Gasteiger partial charge in [0.1, 0.15) is 0 Å². The molecule has 0 bridgehead atoms. The second kappa shape index (κ2) is 6.45. The van der Waals surface area contributed by atoms with Crippen LogP contribution in [0.25, 0.3) is 0 Å². The van der Waals surface area contributed by atoms with Crippen LogP contribution in [0.15, 0.2) is 33.7 Å². The van der Waals surface area contributed by atoms with E-state index < -0.39 is 0 Å². The molecule has 0 aromatic heterocycles. The Labute approximate surface area is 98.7 Å². The molecule has 0 aliphatic carbocycles. The van der Waals surface area contributed by atoms with Gasteiger partial charge in [-0.25, -0.2) is 0 Å². The average Bonchev–Trinajstić information content (AvgIpc) is 2.20. The average molecular weight is 270 g/mol. The van der Waals surface area contributed by atoms with E-state index in [0.29, 0.717) is 0 Å². The largest absolute Gasteiger partial charge is 0.370 e. The van der Waals surface area contributed by atoms with Crippen LogP contribution >= 0.6 is 15.9 Å². The van der Waals surface area contributed by atoms with Gasteiger partial charge in [-0.15, -0.1) is 0 Å². The van der Waals surface area contributed by atoms with Crippen molar-refractivity contribution in [1.82, 2.24) is 0 Å². The predicted molar refractivity (Wildman–Crippen MR) is 67.8 cm³/mol. The molecule has 82 valence electrons. The Bertz CT molecular complexity index is 315. The van der Waals surface area contributed by atoms with Crippen molar-refractivity contribution >= 4 is 21.9 Å². The highest BCUT2D eigenvalue weighted by Gasteiger charge is 1.93. The van der Waals surface area contributed by atoms with Crippen LogP contribution in [0.5, 0.6) is 0 Å². The summed E-state index contributed by atoms with van der Waals surface area (Å²) in [7, 11) is 0. The summed E-state index contributed by atoms with van der Waals surface area (Å²) in [4.78, 5) is 3.93. The third-order valence-electron chi connectivity index (χ3n) is 2.08. The van der Waals surface area contributed by atoms with E-state index in [2.05, 4.69) is 45.2 Å². The van der Waals surface area contributed by atoms with Gasteiger partial charge in [0.2, 0.25) is 0 Å². The van der Waals surface area contributed by atoms with Gasteiger partial charge >= 0.3 is 0 Å². The van der Waals surface area contributed by atoms with Crippen LogP contribution in [-0.4, -0.2) is 12.5 Å². The number of aryl methyl sites for hydroxylation is 1. The van der Waals surface area contributed by atoms with Crippen molar-refractivity contribution in [2.45, 2.75) is 19.3 Å². The number of guanidine groups is 1. The zero-order chi connectivity index (χ0) is 11.1. The summed E-state index contributed by atoms with van der Waals surface area (Å²) >= 11 is 3.41. The lowest BCUT2D eigenvalue weighted by Gasteiger charge is -2.00. The number of benzene rings is 1. The van der Waals surface area contributed by atoms with Gasteiger partial charge in [-0.3, -0.25) is 4.99 Å². The molecule has 0 aliphatic rings. The monoisotopic (exact) mass is 269 g/mol. The molecular weight excluding hydrogens is 254 g/mol. The molecule has 0 atom stereocenters. The van der Waals surface area contributed by atoms with Crippen LogP contribution in [0, 0.1) is 0 Å². The summed E-state index contributed by atoms with van der Waals surface area (Å²) in [6.45, 7) is 0.721. The first-order chi connectivity index (χ1) is 7.18. The smallest absolute Gasteiger partial charge is 0.185 e. The molecule has 3 nitrogen and oxygen atoms in total. The molecule has 0 radical (unpaired) electrons. The normalized spacial score (nSPS) is 9.93. The van der Waals surface area contributed by atoms with Crippen LogP contribution in [0.2, 0.25) is 0 Å². The molecule has 15 heavy (non-hydrogen) atoms. The number of halogens is 1. The number of rotatable bonds is 5. The molecule has 0 amide bonds. The lowest BCUT2D eigenvalue weighted by atomic mass is 10.1. The fourth-order valence-corrected chi connectivity index (χ4v) is 1.56. The molecule has 1 aromatic rings. The maximum atomic E-state index is 5.22. The number of hydrogen-bond acceptors (Lipinski definition) is 1. The van der Waals surface area contributed by atoms with Crippen LogP contribution < -0.4 is 11.5 Å². The summed E-state index contributed by atoms with van der Waals surface area (Å²) in [6.07, 6.45) is 3.21. The van der Waals surface area contributed by atoms with Gasteiger partial charge in [0.05, 0.1) is 0 Å². The number of unbranched alkanes of at least 4 members (excludes halogenated alkanes) is 1. The molecule has 0 spiro atoms. The van der Waals surface area contributed by atoms with Gasteiger partial charge in [-0.1, -0.05) is 28.1 Å². The Morgan fingerprint density at radius 2 is 1.80 bits per heavy atom. The maximum absolute atomic E-state index is 5.22. The van der Waals surface area contributed by atoms with E-state index in [1.54, 1.807) is 0 Å². The summed E-state index contributed by atoms with van der Waals surface area (Å²) < 4.78 is 1.12. The third kappa shape index (κ3) is 5.42. The van der Waals surface area contributed by atoms with Gasteiger partial charge in [-0.2, -0.15) is 0 Å². The Morgan fingerprint density at radius 1 is 1.13 bits per heavy atom. The highest BCUT2D eigenvalue weighted by molar-refractivity contribution is 9.10. The minimum atomic E-state index is 0.179. The fourth-order valence-electron chi connectivity index (χ4n) is 1.30. The lowest BCUT2D eigenvalue weighted by Crippen LogP contribution is -2.22. The summed E-state index contributed by atoms with van der Waals surface area (Å²) in [5.74, 6) is 0.179. The molecule has 1 rings (SSSR count). The Kier molecular flexibility index (Phi) is 5.18. The second-order valence-corrected chi connectivity index (χ2v) is 4.31. The number of nitrogens with two attached hydrogens (primary N) is 2. The van der Waals surface area contributed by atoms with Crippen molar-refractivity contribution < 1.29 is 0 Å². The second-order valence-electron chi connectivity index (χ2n) is 3.39. The number of nitrogens with zero attached hydrogens (tertiary/aromatic N) is 1. The van der Waals surface area contributed by atoms with Crippen molar-refractivity contribution in [3.8, 4) is 0 Å². The van der Waals surface area contributed by atoms with E-state index in [-0.39, 0.29) is 5.96 Å². The molecule has 0 unspecified atom stereocenters. The zero-order valence-electron chi connectivity index (χ0n) is 8.62. The van der Waals surface area contributed by atoms with Gasteiger partial charge in [0.25, 0.3) is 0 Å². The first-order valence-electron chi connectivity index (χ1n) is 4.98. The van der Waals surface area contributed by atoms with Crippen LogP contribution in [0.1, 0.15) is 18.4 Å². The molecule has 0 fully saturated rings. The molecule has 0 aliphatic heterocycles. The maximum Gasteiger partial charge on any atom is 0.185 e. The van der Waals surface area contributed by atoms with Crippen molar-refractivity contribution in [2.75, 3.05) is 6.54 Å². The predicted octanol–water partition coefficient (Wildman–Crippen LogP) is 2.05. The summed E-state index contributed by atoms with van der Waals surface area (Å²) in [5.41, 5.74) is 11.8. The van der Waals surface area contributed by atoms with Gasteiger partial charge in [0.15, 0.2) is 5.96 Å². The molecule has 0 saturated carbocycles. The molecule has 0 saturated heterocycles. The Morgan fingerprint density at radius 3 is 2.40 bits per heavy atom. The minimum Gasteiger partial charge on any atom is -0.370 e. The first-order valence-corrected chi connectivity index (χ1v) is 5.77. The van der Waals surface area contributed by atoms with E-state index >= 15 is 0 Å². The zero-order valence-corrected chi connectivity index (χ0v) is 10.2. The van der Waals surface area contributed by atoms with Crippen LogP contribution in [0.3, 0.4) is 0 Å². The quantitative estimate of drug-likeness (QED) is 0.488. The van der Waals surface area contributed by atoms with Gasteiger partial charge in [0, 0.05) is 11.0 Å². The molecular formula is C11H16BrN3. The van der Waals surface area contributed by atoms with Crippen molar-refractivity contribution in [1.29, 1.82) is 0 Å². The van der Waals surface area contributed by atoms with Crippen molar-refractivity contribution in [3.63, 3.8) is 0 Å². The number of aliphatic imine (C=N–C) groups is 1. The van der Waals surface area contributed by atoms with Crippen molar-refractivity contribution in [3.05, 3.63) is 34.3 Å². The molecule has 4 heteroatoms. The van der Waals surface area contributed by atoms with Crippen molar-refractivity contribution in [2.24, 2.45) is 16.5 Å². The van der Waals surface area contributed by atoms with E-state index in [0.717, 1.165) is 30.3 Å². The highest BCUT2D eigenvalue weighted by Crippen LogP contribution is 2.12. The lowest BCUT2D eigenvalue weighted by molar-refractivity contribution is 0.744. The summed E-state index contributed by atoms with van der Waals surface area (Å²) in [5, 5.41) is 0. The van der Waals surface area contributed by atoms with E-state index in [9.17, 15) is 0 Å². The molecule has 4 N–H and O–H groups in total. The van der Waals surface area contributed by atoms with Crippen LogP contribution in [-0.2, 0) is 6.42 Å². The number of hydrogen-bond donors (Lipinski definition) is 2.